The van der Waals surface area contributed by atoms with Crippen LogP contribution in [0.5, 0.6) is 0 Å². The van der Waals surface area contributed by atoms with E-state index in [4.69, 9.17) is 19.5 Å². The first-order valence-electron chi connectivity index (χ1n) is 14.0. The fourth-order valence-corrected chi connectivity index (χ4v) is 6.04. The molecule has 9 heteroatoms. The fourth-order valence-electron chi connectivity index (χ4n) is 5.07. The van der Waals surface area contributed by atoms with E-state index in [0.29, 0.717) is 22.1 Å². The monoisotopic (exact) mass is 697 g/mol. The van der Waals surface area contributed by atoms with Crippen molar-refractivity contribution in [3.8, 4) is 11.1 Å². The second-order valence-electron chi connectivity index (χ2n) is 10.5. The number of nitrogens with zero attached hydrogens (tertiary/aromatic N) is 2. The van der Waals surface area contributed by atoms with Crippen molar-refractivity contribution in [2.45, 2.75) is 44.7 Å². The molecule has 0 fully saturated rings. The number of rotatable bonds is 12. The number of carbonyl (C=O) groups is 2. The summed E-state index contributed by atoms with van der Waals surface area (Å²) in [6, 6.07) is 25.4. The Balaban J connectivity index is 1.42. The van der Waals surface area contributed by atoms with Gasteiger partial charge in [-0.1, -0.05) is 0 Å². The maximum absolute atomic E-state index is 12.7. The molecule has 1 N–H and O–H groups in total. The van der Waals surface area contributed by atoms with Gasteiger partial charge in [-0.3, -0.25) is 0 Å². The van der Waals surface area contributed by atoms with E-state index in [9.17, 15) is 9.59 Å². The van der Waals surface area contributed by atoms with E-state index in [1.165, 1.54) is 18.2 Å². The summed E-state index contributed by atoms with van der Waals surface area (Å²) >= 11 is 5.99. The molecule has 0 bridgehead atoms. The number of ether oxygens (including phenoxy) is 2. The summed E-state index contributed by atoms with van der Waals surface area (Å²) in [7, 11) is 1.37. The number of alkyl carbamates (subject to hydrolysis) is 1. The second kappa shape index (κ2) is 15.3. The van der Waals surface area contributed by atoms with E-state index in [1.54, 1.807) is 0 Å². The SMILES string of the molecule is COC(=O)[C@H](CC(C)C)N=C([Se])[C@H](Cc1ccccc1)N=C([Se])CNC(=O)OCC1c2ccccc2-c2ccccc21. The van der Waals surface area contributed by atoms with Crippen molar-refractivity contribution in [2.24, 2.45) is 15.9 Å². The molecular weight excluding hydrogens is 660 g/mol. The Morgan fingerprint density at radius 2 is 1.45 bits per heavy atom. The number of fused-ring (bicyclic) bond motifs is 3. The average molecular weight is 696 g/mol. The van der Waals surface area contributed by atoms with Crippen LogP contribution in [-0.2, 0) is 20.7 Å². The summed E-state index contributed by atoms with van der Waals surface area (Å²) in [6.45, 7) is 4.49. The van der Waals surface area contributed by atoms with Crippen LogP contribution in [-0.4, -0.2) is 85.7 Å². The van der Waals surface area contributed by atoms with E-state index >= 15 is 0 Å². The van der Waals surface area contributed by atoms with E-state index in [-0.39, 0.29) is 37.0 Å². The molecule has 0 saturated carbocycles. The van der Waals surface area contributed by atoms with Crippen molar-refractivity contribution in [1.29, 1.82) is 0 Å². The number of aliphatic imine (C=N–C) groups is 2. The van der Waals surface area contributed by atoms with Crippen LogP contribution in [0.4, 0.5) is 4.79 Å². The van der Waals surface area contributed by atoms with E-state index in [2.05, 4.69) is 61.6 Å². The van der Waals surface area contributed by atoms with Crippen molar-refractivity contribution in [2.75, 3.05) is 20.3 Å². The first kappa shape index (κ1) is 31.7. The third-order valence-electron chi connectivity index (χ3n) is 7.04. The molecule has 0 unspecified atom stereocenters. The van der Waals surface area contributed by atoms with Crippen LogP contribution in [0.15, 0.2) is 88.8 Å². The normalized spacial score (nSPS) is 14.6. The predicted molar refractivity (Wildman–Crippen MR) is 169 cm³/mol. The molecule has 218 valence electrons. The summed E-state index contributed by atoms with van der Waals surface area (Å²) in [5.41, 5.74) is 5.76. The Hall–Kier alpha value is -3.22. The predicted octanol–water partition coefficient (Wildman–Crippen LogP) is 4.86. The zero-order valence-electron chi connectivity index (χ0n) is 24.0. The van der Waals surface area contributed by atoms with Crippen molar-refractivity contribution < 1.29 is 19.1 Å². The molecule has 0 heterocycles. The summed E-state index contributed by atoms with van der Waals surface area (Å²) in [4.78, 5) is 34.7. The van der Waals surface area contributed by atoms with Gasteiger partial charge in [0.05, 0.1) is 0 Å². The van der Waals surface area contributed by atoms with Gasteiger partial charge in [-0.25, -0.2) is 0 Å². The third-order valence-corrected chi connectivity index (χ3v) is 8.35. The third kappa shape index (κ3) is 8.42. The molecule has 0 aliphatic heterocycles. The van der Waals surface area contributed by atoms with Gasteiger partial charge in [-0.05, 0) is 0 Å². The van der Waals surface area contributed by atoms with Gasteiger partial charge in [0.15, 0.2) is 0 Å². The van der Waals surface area contributed by atoms with Gasteiger partial charge in [0.1, 0.15) is 0 Å². The minimum atomic E-state index is -0.622. The molecule has 7 nitrogen and oxygen atoms in total. The van der Waals surface area contributed by atoms with Gasteiger partial charge in [0, 0.05) is 0 Å². The first-order chi connectivity index (χ1) is 20.3. The maximum atomic E-state index is 12.7. The number of benzene rings is 3. The summed E-state index contributed by atoms with van der Waals surface area (Å²) in [5, 5.41) is 2.81. The van der Waals surface area contributed by atoms with Crippen LogP contribution < -0.4 is 5.32 Å². The Kier molecular flexibility index (Phi) is 11.6. The number of carbonyl (C=O) groups excluding carboxylic acids is 2. The van der Waals surface area contributed by atoms with Gasteiger partial charge in [-0.15, -0.1) is 0 Å². The van der Waals surface area contributed by atoms with Gasteiger partial charge < -0.3 is 0 Å². The minimum absolute atomic E-state index is 0.0114. The van der Waals surface area contributed by atoms with E-state index in [1.807, 2.05) is 68.4 Å². The summed E-state index contributed by atoms with van der Waals surface area (Å²) < 4.78 is 11.8. The van der Waals surface area contributed by atoms with Gasteiger partial charge in [-0.2, -0.15) is 0 Å². The molecular formula is C33H35N3O4Se2. The topological polar surface area (TPSA) is 89.4 Å². The number of hydrogen-bond donors (Lipinski definition) is 1. The number of hydrogen-bond acceptors (Lipinski definition) is 6. The number of nitrogens with one attached hydrogen (secondary N) is 1. The molecule has 0 aromatic heterocycles. The molecule has 3 aromatic rings. The Labute approximate surface area is 264 Å². The van der Waals surface area contributed by atoms with Gasteiger partial charge in [0.2, 0.25) is 0 Å². The van der Waals surface area contributed by atoms with Crippen molar-refractivity contribution in [1.82, 2.24) is 5.32 Å². The van der Waals surface area contributed by atoms with Gasteiger partial charge >= 0.3 is 265 Å². The van der Waals surface area contributed by atoms with Crippen LogP contribution in [0.3, 0.4) is 0 Å². The molecule has 0 saturated heterocycles. The van der Waals surface area contributed by atoms with Crippen molar-refractivity contribution in [3.63, 3.8) is 0 Å². The Bertz CT molecular complexity index is 1400. The van der Waals surface area contributed by atoms with E-state index < -0.39 is 12.1 Å². The van der Waals surface area contributed by atoms with Crippen LogP contribution in [0.2, 0.25) is 0 Å². The van der Waals surface area contributed by atoms with Crippen LogP contribution in [0, 0.1) is 5.92 Å². The van der Waals surface area contributed by atoms with Crippen LogP contribution >= 0.6 is 0 Å². The number of esters is 1. The Morgan fingerprint density at radius 1 is 0.857 bits per heavy atom. The average Bonchev–Trinajstić information content (AvgIpc) is 3.31. The Morgan fingerprint density at radius 3 is 2.05 bits per heavy atom. The molecule has 1 amide bonds. The van der Waals surface area contributed by atoms with E-state index in [0.717, 1.165) is 16.7 Å². The van der Waals surface area contributed by atoms with Crippen molar-refractivity contribution >= 4 is 53.3 Å². The number of amides is 1. The molecule has 4 rings (SSSR count). The fraction of sp³-hybridized carbons (Fsp3) is 0.333. The van der Waals surface area contributed by atoms with Gasteiger partial charge in [0.25, 0.3) is 0 Å². The molecule has 3 aromatic carbocycles. The van der Waals surface area contributed by atoms with Crippen molar-refractivity contribution in [3.05, 3.63) is 95.6 Å². The molecule has 42 heavy (non-hydrogen) atoms. The first-order valence-corrected chi connectivity index (χ1v) is 15.7. The van der Waals surface area contributed by atoms with Crippen LogP contribution in [0.1, 0.15) is 42.9 Å². The standard InChI is InChI=1S/C33H35N3O4Se2/c1-21(2)17-29(32(37)39-3)36-31(42)28(18-22-11-5-4-6-12-22)35-30(41)19-34-33(38)40-20-27-25-15-9-7-13-23(25)24-14-8-10-16-26(24)27/h4-16,21,27-29H,17-20H2,1-3H3,(H,34,38)/t28-,29-/m0/s1. The van der Waals surface area contributed by atoms with Crippen LogP contribution in [0.25, 0.3) is 11.1 Å². The molecule has 1 aliphatic rings. The summed E-state index contributed by atoms with van der Waals surface area (Å²) in [5.74, 6) is -0.125. The quantitative estimate of drug-likeness (QED) is 0.167. The molecule has 2 radical (unpaired) electrons. The second-order valence-corrected chi connectivity index (χ2v) is 12.4. The number of methoxy groups -OCH3 is 1. The molecule has 0 spiro atoms. The summed E-state index contributed by atoms with van der Waals surface area (Å²) in [6.07, 6.45) is 0.617. The molecule has 1 aliphatic carbocycles. The zero-order chi connectivity index (χ0) is 30.1. The molecule has 2 atom stereocenters. The zero-order valence-corrected chi connectivity index (χ0v) is 27.4.